The van der Waals surface area contributed by atoms with Crippen LogP contribution in [-0.2, 0) is 9.59 Å². The SMILES string of the molecule is COc1ccc(N2C(=O)CC(c3c(C)[nH]c4ccccc34)C2=O)cc1. The van der Waals surface area contributed by atoms with Gasteiger partial charge in [0.2, 0.25) is 11.8 Å². The smallest absolute Gasteiger partial charge is 0.241 e. The number of hydrogen-bond acceptors (Lipinski definition) is 3. The average Bonchev–Trinajstić information content (AvgIpc) is 3.10. The second kappa shape index (κ2) is 5.77. The standard InChI is InChI=1S/C20H18N2O3/c1-12-19(15-5-3-4-6-17(15)21-12)16-11-18(23)22(20(16)24)13-7-9-14(25-2)10-8-13/h3-10,16,21H,11H2,1-2H3. The Morgan fingerprint density at radius 2 is 1.80 bits per heavy atom. The molecule has 1 saturated heterocycles. The van der Waals surface area contributed by atoms with Crippen molar-refractivity contribution in [1.29, 1.82) is 0 Å². The van der Waals surface area contributed by atoms with Crippen LogP contribution < -0.4 is 9.64 Å². The first kappa shape index (κ1) is 15.4. The summed E-state index contributed by atoms with van der Waals surface area (Å²) < 4.78 is 5.14. The lowest BCUT2D eigenvalue weighted by Gasteiger charge is -2.15. The van der Waals surface area contributed by atoms with Gasteiger partial charge in [0.05, 0.1) is 18.7 Å². The van der Waals surface area contributed by atoms with Crippen LogP contribution in [0, 0.1) is 6.92 Å². The molecule has 1 fully saturated rings. The minimum Gasteiger partial charge on any atom is -0.497 e. The Morgan fingerprint density at radius 1 is 1.08 bits per heavy atom. The molecule has 126 valence electrons. The van der Waals surface area contributed by atoms with Gasteiger partial charge < -0.3 is 9.72 Å². The molecular weight excluding hydrogens is 316 g/mol. The lowest BCUT2D eigenvalue weighted by Crippen LogP contribution is -2.30. The van der Waals surface area contributed by atoms with Gasteiger partial charge in [-0.3, -0.25) is 14.5 Å². The number of rotatable bonds is 3. The lowest BCUT2D eigenvalue weighted by molar-refractivity contribution is -0.121. The number of carbonyl (C=O) groups is 2. The number of amides is 2. The molecule has 1 aliphatic rings. The van der Waals surface area contributed by atoms with Gasteiger partial charge in [-0.1, -0.05) is 18.2 Å². The number of aromatic amines is 1. The number of hydrogen-bond donors (Lipinski definition) is 1. The lowest BCUT2D eigenvalue weighted by atomic mass is 9.94. The van der Waals surface area contributed by atoms with Gasteiger partial charge in [-0.2, -0.15) is 0 Å². The Hall–Kier alpha value is -3.08. The molecule has 1 N–H and O–H groups in total. The van der Waals surface area contributed by atoms with Gasteiger partial charge >= 0.3 is 0 Å². The summed E-state index contributed by atoms with van der Waals surface area (Å²) in [5.41, 5.74) is 3.42. The van der Waals surface area contributed by atoms with E-state index in [1.165, 1.54) is 4.90 Å². The third-order valence-corrected chi connectivity index (χ3v) is 4.77. The van der Waals surface area contributed by atoms with E-state index in [2.05, 4.69) is 4.98 Å². The molecule has 0 aliphatic carbocycles. The minimum atomic E-state index is -0.453. The van der Waals surface area contributed by atoms with Crippen LogP contribution in [0.15, 0.2) is 48.5 Å². The summed E-state index contributed by atoms with van der Waals surface area (Å²) in [6.45, 7) is 1.95. The molecule has 1 aromatic heterocycles. The van der Waals surface area contributed by atoms with Crippen LogP contribution in [0.3, 0.4) is 0 Å². The molecule has 5 heteroatoms. The number of aromatic nitrogens is 1. The molecular formula is C20H18N2O3. The first-order valence-electron chi connectivity index (χ1n) is 8.18. The van der Waals surface area contributed by atoms with E-state index < -0.39 is 5.92 Å². The number of H-pyrrole nitrogens is 1. The van der Waals surface area contributed by atoms with E-state index in [1.807, 2.05) is 31.2 Å². The summed E-state index contributed by atoms with van der Waals surface area (Å²) in [7, 11) is 1.58. The molecule has 0 bridgehead atoms. The molecule has 0 saturated carbocycles. The molecule has 5 nitrogen and oxygen atoms in total. The van der Waals surface area contributed by atoms with Crippen LogP contribution in [-0.4, -0.2) is 23.9 Å². The topological polar surface area (TPSA) is 62.4 Å². The number of ether oxygens (including phenoxy) is 1. The Balaban J connectivity index is 1.74. The number of benzene rings is 2. The number of fused-ring (bicyclic) bond motifs is 1. The molecule has 25 heavy (non-hydrogen) atoms. The molecule has 1 unspecified atom stereocenters. The Morgan fingerprint density at radius 3 is 2.52 bits per heavy atom. The minimum absolute atomic E-state index is 0.176. The van der Waals surface area contributed by atoms with Gasteiger partial charge in [-0.15, -0.1) is 0 Å². The molecule has 2 amide bonds. The molecule has 3 aromatic rings. The fourth-order valence-corrected chi connectivity index (χ4v) is 3.61. The van der Waals surface area contributed by atoms with Crippen molar-refractivity contribution in [3.05, 3.63) is 59.8 Å². The number of imide groups is 1. The van der Waals surface area contributed by atoms with Crippen molar-refractivity contribution in [1.82, 2.24) is 4.98 Å². The molecule has 4 rings (SSSR count). The number of nitrogens with zero attached hydrogens (tertiary/aromatic N) is 1. The van der Waals surface area contributed by atoms with Crippen molar-refractivity contribution in [2.45, 2.75) is 19.3 Å². The summed E-state index contributed by atoms with van der Waals surface area (Å²) in [6.07, 6.45) is 0.188. The molecule has 0 radical (unpaired) electrons. The number of nitrogens with one attached hydrogen (secondary N) is 1. The van der Waals surface area contributed by atoms with Crippen molar-refractivity contribution >= 4 is 28.4 Å². The van der Waals surface area contributed by atoms with Gasteiger partial charge in [0.25, 0.3) is 0 Å². The zero-order valence-electron chi connectivity index (χ0n) is 14.1. The largest absolute Gasteiger partial charge is 0.497 e. The molecule has 1 aliphatic heterocycles. The number of anilines is 1. The summed E-state index contributed by atoms with van der Waals surface area (Å²) in [5, 5.41) is 1.00. The van der Waals surface area contributed by atoms with Crippen molar-refractivity contribution in [2.24, 2.45) is 0 Å². The summed E-state index contributed by atoms with van der Waals surface area (Å²) >= 11 is 0. The highest BCUT2D eigenvalue weighted by molar-refractivity contribution is 6.23. The highest BCUT2D eigenvalue weighted by atomic mass is 16.5. The summed E-state index contributed by atoms with van der Waals surface area (Å²) in [6, 6.07) is 14.8. The van der Waals surface area contributed by atoms with Crippen LogP contribution in [0.5, 0.6) is 5.75 Å². The number of aryl methyl sites for hydroxylation is 1. The molecule has 0 spiro atoms. The van der Waals surface area contributed by atoms with E-state index in [4.69, 9.17) is 4.74 Å². The first-order valence-corrected chi connectivity index (χ1v) is 8.18. The van der Waals surface area contributed by atoms with Crippen LogP contribution in [0.25, 0.3) is 10.9 Å². The maximum absolute atomic E-state index is 13.0. The monoisotopic (exact) mass is 334 g/mol. The maximum atomic E-state index is 13.0. The Labute approximate surface area is 145 Å². The summed E-state index contributed by atoms with van der Waals surface area (Å²) in [4.78, 5) is 30.2. The van der Waals surface area contributed by atoms with E-state index >= 15 is 0 Å². The maximum Gasteiger partial charge on any atom is 0.241 e. The van der Waals surface area contributed by atoms with E-state index in [0.717, 1.165) is 22.2 Å². The number of carbonyl (C=O) groups excluding carboxylic acids is 2. The third kappa shape index (κ3) is 2.39. The van der Waals surface area contributed by atoms with Gasteiger partial charge in [0, 0.05) is 23.0 Å². The fourth-order valence-electron chi connectivity index (χ4n) is 3.61. The van der Waals surface area contributed by atoms with Crippen LogP contribution in [0.4, 0.5) is 5.69 Å². The van der Waals surface area contributed by atoms with E-state index in [9.17, 15) is 9.59 Å². The van der Waals surface area contributed by atoms with Gasteiger partial charge in [0.15, 0.2) is 0 Å². The third-order valence-electron chi connectivity index (χ3n) is 4.77. The predicted molar refractivity (Wildman–Crippen MR) is 95.9 cm³/mol. The van der Waals surface area contributed by atoms with Crippen molar-refractivity contribution in [2.75, 3.05) is 12.0 Å². The Bertz CT molecular complexity index is 972. The predicted octanol–water partition coefficient (Wildman–Crippen LogP) is 3.53. The summed E-state index contributed by atoms with van der Waals surface area (Å²) in [5.74, 6) is -0.120. The second-order valence-corrected chi connectivity index (χ2v) is 6.23. The highest BCUT2D eigenvalue weighted by Crippen LogP contribution is 2.38. The van der Waals surface area contributed by atoms with E-state index in [-0.39, 0.29) is 18.2 Å². The normalized spacial score (nSPS) is 17.5. The first-order chi connectivity index (χ1) is 12.1. The number of methoxy groups -OCH3 is 1. The van der Waals surface area contributed by atoms with Crippen LogP contribution in [0.2, 0.25) is 0 Å². The molecule has 2 aromatic carbocycles. The van der Waals surface area contributed by atoms with E-state index in [0.29, 0.717) is 11.4 Å². The van der Waals surface area contributed by atoms with Crippen molar-refractivity contribution in [3.8, 4) is 5.75 Å². The van der Waals surface area contributed by atoms with Crippen LogP contribution in [0.1, 0.15) is 23.6 Å². The van der Waals surface area contributed by atoms with E-state index in [1.54, 1.807) is 31.4 Å². The number of para-hydroxylation sites is 1. The van der Waals surface area contributed by atoms with Crippen molar-refractivity contribution in [3.63, 3.8) is 0 Å². The molecule has 2 heterocycles. The zero-order valence-corrected chi connectivity index (χ0v) is 14.1. The van der Waals surface area contributed by atoms with Crippen molar-refractivity contribution < 1.29 is 14.3 Å². The van der Waals surface area contributed by atoms with Gasteiger partial charge in [0.1, 0.15) is 5.75 Å². The quantitative estimate of drug-likeness (QED) is 0.745. The zero-order chi connectivity index (χ0) is 17.6. The van der Waals surface area contributed by atoms with Gasteiger partial charge in [-0.25, -0.2) is 0 Å². The fraction of sp³-hybridized carbons (Fsp3) is 0.200. The van der Waals surface area contributed by atoms with Gasteiger partial charge in [-0.05, 0) is 42.8 Å². The van der Waals surface area contributed by atoms with Crippen LogP contribution >= 0.6 is 0 Å². The highest BCUT2D eigenvalue weighted by Gasteiger charge is 2.42. The molecule has 1 atom stereocenters. The average molecular weight is 334 g/mol. The Kier molecular flexibility index (Phi) is 3.57. The second-order valence-electron chi connectivity index (χ2n) is 6.23.